The first-order chi connectivity index (χ1) is 7.97. The van der Waals surface area contributed by atoms with Gasteiger partial charge < -0.3 is 0 Å². The highest BCUT2D eigenvalue weighted by Crippen LogP contribution is 2.18. The molecule has 0 spiro atoms. The number of aromatic nitrogens is 3. The van der Waals surface area contributed by atoms with E-state index >= 15 is 0 Å². The maximum absolute atomic E-state index is 12.0. The lowest BCUT2D eigenvalue weighted by Crippen LogP contribution is -2.08. The van der Waals surface area contributed by atoms with Gasteiger partial charge in [-0.05, 0) is 19.4 Å². The summed E-state index contributed by atoms with van der Waals surface area (Å²) < 4.78 is 24.0. The van der Waals surface area contributed by atoms with Crippen LogP contribution in [-0.4, -0.2) is 23.4 Å². The topological polar surface area (TPSA) is 72.8 Å². The van der Waals surface area contributed by atoms with Crippen molar-refractivity contribution in [3.05, 3.63) is 34.0 Å². The van der Waals surface area contributed by atoms with E-state index in [0.29, 0.717) is 4.88 Å². The maximum atomic E-state index is 12.0. The number of hydrogen-bond acceptors (Lipinski definition) is 6. The minimum atomic E-state index is -3.47. The average Bonchev–Trinajstić information content (AvgIpc) is 2.63. The molecule has 0 unspecified atom stereocenters. The number of nitrogens with zero attached hydrogens (tertiary/aromatic N) is 3. The smallest absolute Gasteiger partial charge is 0.247 e. The molecule has 0 N–H and O–H groups in total. The van der Waals surface area contributed by atoms with Gasteiger partial charge in [-0.25, -0.2) is 23.4 Å². The summed E-state index contributed by atoms with van der Waals surface area (Å²) in [4.78, 5) is 12.4. The molecule has 0 aliphatic rings. The molecule has 2 heterocycles. The Labute approximate surface area is 104 Å². The predicted octanol–water partition coefficient (Wildman–Crippen LogP) is 1.52. The molecule has 0 bridgehead atoms. The van der Waals surface area contributed by atoms with Gasteiger partial charge in [0.1, 0.15) is 0 Å². The first-order valence-corrected chi connectivity index (χ1v) is 7.37. The second-order valence-electron chi connectivity index (χ2n) is 3.65. The van der Waals surface area contributed by atoms with Gasteiger partial charge in [-0.15, -0.1) is 11.3 Å². The summed E-state index contributed by atoms with van der Waals surface area (Å²) in [6, 6.07) is 0. The molecule has 0 amide bonds. The van der Waals surface area contributed by atoms with Crippen LogP contribution in [0.5, 0.6) is 0 Å². The molecule has 0 aliphatic heterocycles. The summed E-state index contributed by atoms with van der Waals surface area (Å²) in [6.07, 6.45) is 4.57. The second kappa shape index (κ2) is 4.50. The van der Waals surface area contributed by atoms with E-state index in [1.807, 2.05) is 13.8 Å². The van der Waals surface area contributed by atoms with E-state index in [1.165, 1.54) is 23.7 Å². The van der Waals surface area contributed by atoms with Crippen LogP contribution in [0.2, 0.25) is 0 Å². The minimum Gasteiger partial charge on any atom is -0.250 e. The Bertz CT molecular complexity index is 617. The SMILES string of the molecule is Cc1cnc(S(=O)(=O)Cc2cnc(C)s2)nc1. The van der Waals surface area contributed by atoms with Gasteiger partial charge in [0.15, 0.2) is 0 Å². The highest BCUT2D eigenvalue weighted by Gasteiger charge is 2.19. The molecule has 0 radical (unpaired) electrons. The fraction of sp³-hybridized carbons (Fsp3) is 0.300. The fourth-order valence-corrected chi connectivity index (χ4v) is 3.56. The molecular formula is C10H11N3O2S2. The highest BCUT2D eigenvalue weighted by molar-refractivity contribution is 7.90. The van der Waals surface area contributed by atoms with Gasteiger partial charge in [-0.1, -0.05) is 0 Å². The quantitative estimate of drug-likeness (QED) is 0.790. The van der Waals surface area contributed by atoms with Crippen LogP contribution in [0.3, 0.4) is 0 Å². The summed E-state index contributed by atoms with van der Waals surface area (Å²) in [5, 5.41) is 0.717. The number of thiazole rings is 1. The monoisotopic (exact) mass is 269 g/mol. The Hall–Kier alpha value is -1.34. The summed E-state index contributed by atoms with van der Waals surface area (Å²) >= 11 is 1.37. The molecule has 17 heavy (non-hydrogen) atoms. The number of rotatable bonds is 3. The largest absolute Gasteiger partial charge is 0.250 e. The van der Waals surface area contributed by atoms with E-state index in [9.17, 15) is 8.42 Å². The first kappa shape index (κ1) is 12.1. The zero-order valence-electron chi connectivity index (χ0n) is 9.41. The third-order valence-corrected chi connectivity index (χ3v) is 4.59. The van der Waals surface area contributed by atoms with Crippen molar-refractivity contribution in [2.75, 3.05) is 0 Å². The fourth-order valence-electron chi connectivity index (χ4n) is 1.27. The molecule has 2 rings (SSSR count). The lowest BCUT2D eigenvalue weighted by Gasteiger charge is -2.00. The predicted molar refractivity (Wildman–Crippen MR) is 64.5 cm³/mol. The molecule has 7 heteroatoms. The Kier molecular flexibility index (Phi) is 3.21. The molecule has 0 saturated heterocycles. The average molecular weight is 269 g/mol. The van der Waals surface area contributed by atoms with E-state index in [1.54, 1.807) is 6.20 Å². The first-order valence-electron chi connectivity index (χ1n) is 4.90. The van der Waals surface area contributed by atoms with Crippen molar-refractivity contribution >= 4 is 21.2 Å². The Morgan fingerprint density at radius 1 is 1.12 bits per heavy atom. The summed E-state index contributed by atoms with van der Waals surface area (Å²) in [5.41, 5.74) is 0.831. The zero-order chi connectivity index (χ0) is 12.5. The lowest BCUT2D eigenvalue weighted by atomic mass is 10.4. The third-order valence-electron chi connectivity index (χ3n) is 2.04. The Balaban J connectivity index is 2.28. The highest BCUT2D eigenvalue weighted by atomic mass is 32.2. The normalized spacial score (nSPS) is 11.6. The van der Waals surface area contributed by atoms with Crippen LogP contribution in [0, 0.1) is 13.8 Å². The molecule has 0 saturated carbocycles. The van der Waals surface area contributed by atoms with Crippen LogP contribution in [0.4, 0.5) is 0 Å². The minimum absolute atomic E-state index is 0.0957. The number of hydrogen-bond donors (Lipinski definition) is 0. The van der Waals surface area contributed by atoms with E-state index in [0.717, 1.165) is 10.6 Å². The molecule has 0 aliphatic carbocycles. The molecular weight excluding hydrogens is 258 g/mol. The van der Waals surface area contributed by atoms with Crippen molar-refractivity contribution in [3.63, 3.8) is 0 Å². The molecule has 0 fully saturated rings. The van der Waals surface area contributed by atoms with Crippen LogP contribution in [0.1, 0.15) is 15.4 Å². The standard InChI is InChI=1S/C10H11N3O2S2/c1-7-3-12-10(13-4-7)17(14,15)6-9-5-11-8(2)16-9/h3-5H,6H2,1-2H3. The molecule has 0 atom stereocenters. The lowest BCUT2D eigenvalue weighted by molar-refractivity contribution is 0.586. The number of sulfone groups is 1. The van der Waals surface area contributed by atoms with Gasteiger partial charge in [-0.3, -0.25) is 0 Å². The van der Waals surface area contributed by atoms with Crippen molar-refractivity contribution in [1.82, 2.24) is 15.0 Å². The zero-order valence-corrected chi connectivity index (χ0v) is 11.0. The molecule has 2 aromatic heterocycles. The van der Waals surface area contributed by atoms with Crippen molar-refractivity contribution in [2.24, 2.45) is 0 Å². The number of aryl methyl sites for hydroxylation is 2. The third kappa shape index (κ3) is 2.86. The summed E-state index contributed by atoms with van der Waals surface area (Å²) in [5.74, 6) is -0.0957. The van der Waals surface area contributed by atoms with E-state index in [2.05, 4.69) is 15.0 Å². The van der Waals surface area contributed by atoms with Gasteiger partial charge in [0.2, 0.25) is 15.0 Å². The maximum Gasteiger partial charge on any atom is 0.247 e. The Morgan fingerprint density at radius 3 is 2.29 bits per heavy atom. The molecule has 2 aromatic rings. The molecule has 5 nitrogen and oxygen atoms in total. The van der Waals surface area contributed by atoms with E-state index in [4.69, 9.17) is 0 Å². The van der Waals surface area contributed by atoms with Crippen LogP contribution < -0.4 is 0 Å². The van der Waals surface area contributed by atoms with Crippen LogP contribution in [-0.2, 0) is 15.6 Å². The van der Waals surface area contributed by atoms with Crippen molar-refractivity contribution < 1.29 is 8.42 Å². The van der Waals surface area contributed by atoms with Crippen LogP contribution in [0.25, 0.3) is 0 Å². The van der Waals surface area contributed by atoms with Gasteiger partial charge in [-0.2, -0.15) is 0 Å². The molecule has 0 aromatic carbocycles. The van der Waals surface area contributed by atoms with Crippen molar-refractivity contribution in [1.29, 1.82) is 0 Å². The van der Waals surface area contributed by atoms with Crippen molar-refractivity contribution in [2.45, 2.75) is 24.8 Å². The van der Waals surface area contributed by atoms with E-state index < -0.39 is 9.84 Å². The summed E-state index contributed by atoms with van der Waals surface area (Å²) in [6.45, 7) is 3.64. The second-order valence-corrected chi connectivity index (χ2v) is 6.85. The van der Waals surface area contributed by atoms with E-state index in [-0.39, 0.29) is 10.9 Å². The summed E-state index contributed by atoms with van der Waals surface area (Å²) in [7, 11) is -3.47. The van der Waals surface area contributed by atoms with Gasteiger partial charge in [0, 0.05) is 23.5 Å². The molecule has 90 valence electrons. The van der Waals surface area contributed by atoms with Gasteiger partial charge >= 0.3 is 0 Å². The van der Waals surface area contributed by atoms with Crippen LogP contribution in [0.15, 0.2) is 23.7 Å². The van der Waals surface area contributed by atoms with Crippen LogP contribution >= 0.6 is 11.3 Å². The van der Waals surface area contributed by atoms with Gasteiger partial charge in [0.25, 0.3) is 0 Å². The Morgan fingerprint density at radius 2 is 1.76 bits per heavy atom. The van der Waals surface area contributed by atoms with Crippen molar-refractivity contribution in [3.8, 4) is 0 Å². The van der Waals surface area contributed by atoms with Gasteiger partial charge in [0.05, 0.1) is 10.8 Å².